The van der Waals surface area contributed by atoms with Gasteiger partial charge >= 0.3 is 0 Å². The molecule has 0 N–H and O–H groups in total. The fourth-order valence-corrected chi connectivity index (χ4v) is 2.45. The van der Waals surface area contributed by atoms with E-state index in [1.165, 1.54) is 25.7 Å². The monoisotopic (exact) mass is 261 g/mol. The molecule has 3 heteroatoms. The van der Waals surface area contributed by atoms with Crippen molar-refractivity contribution in [3.8, 4) is 0 Å². The van der Waals surface area contributed by atoms with Crippen LogP contribution in [0.2, 0.25) is 0 Å². The van der Waals surface area contributed by atoms with E-state index in [1.807, 2.05) is 4.90 Å². The number of carbonyl (C=O) groups excluding carboxylic acids is 1. The predicted molar refractivity (Wildman–Crippen MR) is 72.5 cm³/mol. The third kappa shape index (κ3) is 2.96. The second-order valence-electron chi connectivity index (χ2n) is 6.03. The Labute approximate surface area is 113 Å². The van der Waals surface area contributed by atoms with Crippen LogP contribution in [-0.2, 0) is 0 Å². The molecule has 1 amide bonds. The molecule has 2 saturated carbocycles. The van der Waals surface area contributed by atoms with E-state index in [-0.39, 0.29) is 17.3 Å². The molecule has 0 radical (unpaired) electrons. The van der Waals surface area contributed by atoms with Gasteiger partial charge in [0.1, 0.15) is 5.82 Å². The van der Waals surface area contributed by atoms with Crippen LogP contribution in [0.1, 0.15) is 41.6 Å². The molecule has 0 atom stereocenters. The minimum atomic E-state index is -0.357. The van der Waals surface area contributed by atoms with Crippen LogP contribution in [0.4, 0.5) is 4.39 Å². The topological polar surface area (TPSA) is 20.3 Å². The SMILES string of the molecule is Cc1cccc(C(=O)N(CC2CC2)CC2CC2)c1F. The maximum Gasteiger partial charge on any atom is 0.256 e. The van der Waals surface area contributed by atoms with Gasteiger partial charge in [-0.2, -0.15) is 0 Å². The van der Waals surface area contributed by atoms with Crippen molar-refractivity contribution in [1.82, 2.24) is 4.90 Å². The van der Waals surface area contributed by atoms with Crippen molar-refractivity contribution < 1.29 is 9.18 Å². The standard InChI is InChI=1S/C16H20FNO/c1-11-3-2-4-14(15(11)17)16(19)18(9-12-5-6-12)10-13-7-8-13/h2-4,12-13H,5-10H2,1H3. The quantitative estimate of drug-likeness (QED) is 0.795. The molecule has 0 unspecified atom stereocenters. The van der Waals surface area contributed by atoms with Gasteiger partial charge in [-0.3, -0.25) is 4.79 Å². The third-order valence-corrected chi connectivity index (χ3v) is 4.06. The van der Waals surface area contributed by atoms with E-state index < -0.39 is 0 Å². The Hall–Kier alpha value is -1.38. The smallest absolute Gasteiger partial charge is 0.256 e. The molecule has 0 aliphatic heterocycles. The predicted octanol–water partition coefficient (Wildman–Crippen LogP) is 3.40. The van der Waals surface area contributed by atoms with Gasteiger partial charge in [0, 0.05) is 13.1 Å². The first kappa shape index (κ1) is 12.6. The number of amides is 1. The van der Waals surface area contributed by atoms with Crippen molar-refractivity contribution in [1.29, 1.82) is 0 Å². The lowest BCUT2D eigenvalue weighted by Crippen LogP contribution is -2.35. The molecule has 2 aliphatic rings. The number of aryl methyl sites for hydroxylation is 1. The maximum absolute atomic E-state index is 14.1. The van der Waals surface area contributed by atoms with E-state index >= 15 is 0 Å². The van der Waals surface area contributed by atoms with Crippen molar-refractivity contribution in [3.05, 3.63) is 35.1 Å². The van der Waals surface area contributed by atoms with Crippen molar-refractivity contribution in [2.75, 3.05) is 13.1 Å². The van der Waals surface area contributed by atoms with E-state index in [9.17, 15) is 9.18 Å². The molecule has 1 aromatic rings. The number of benzene rings is 1. The molecule has 0 bridgehead atoms. The summed E-state index contributed by atoms with van der Waals surface area (Å²) < 4.78 is 14.1. The number of halogens is 1. The molecule has 19 heavy (non-hydrogen) atoms. The van der Waals surface area contributed by atoms with Gasteiger partial charge < -0.3 is 4.90 Å². The number of hydrogen-bond donors (Lipinski definition) is 0. The molecule has 2 nitrogen and oxygen atoms in total. The summed E-state index contributed by atoms with van der Waals surface area (Å²) >= 11 is 0. The first-order valence-corrected chi connectivity index (χ1v) is 7.19. The van der Waals surface area contributed by atoms with Crippen molar-refractivity contribution in [2.45, 2.75) is 32.6 Å². The van der Waals surface area contributed by atoms with Gasteiger partial charge in [0.05, 0.1) is 5.56 Å². The Morgan fingerprint density at radius 1 is 1.21 bits per heavy atom. The highest BCUT2D eigenvalue weighted by Gasteiger charge is 2.32. The molecular weight excluding hydrogens is 241 g/mol. The fraction of sp³-hybridized carbons (Fsp3) is 0.562. The average Bonchev–Trinajstić information content (AvgIpc) is 3.26. The number of hydrogen-bond acceptors (Lipinski definition) is 1. The van der Waals surface area contributed by atoms with Gasteiger partial charge in [-0.05, 0) is 56.1 Å². The summed E-state index contributed by atoms with van der Waals surface area (Å²) in [4.78, 5) is 14.4. The van der Waals surface area contributed by atoms with Gasteiger partial charge in [-0.15, -0.1) is 0 Å². The lowest BCUT2D eigenvalue weighted by atomic mass is 10.1. The van der Waals surface area contributed by atoms with Gasteiger partial charge in [0.2, 0.25) is 0 Å². The molecule has 2 fully saturated rings. The molecule has 3 rings (SSSR count). The Bertz CT molecular complexity index is 478. The largest absolute Gasteiger partial charge is 0.338 e. The second kappa shape index (κ2) is 4.95. The lowest BCUT2D eigenvalue weighted by Gasteiger charge is -2.23. The van der Waals surface area contributed by atoms with Gasteiger partial charge in [-0.25, -0.2) is 4.39 Å². The zero-order valence-electron chi connectivity index (χ0n) is 11.4. The maximum atomic E-state index is 14.1. The Kier molecular flexibility index (Phi) is 3.29. The Morgan fingerprint density at radius 3 is 2.32 bits per heavy atom. The normalized spacial score (nSPS) is 18.4. The zero-order valence-corrected chi connectivity index (χ0v) is 11.4. The molecule has 1 aromatic carbocycles. The minimum Gasteiger partial charge on any atom is -0.338 e. The van der Waals surface area contributed by atoms with Crippen molar-refractivity contribution >= 4 is 5.91 Å². The van der Waals surface area contributed by atoms with Crippen molar-refractivity contribution in [2.24, 2.45) is 11.8 Å². The summed E-state index contributed by atoms with van der Waals surface area (Å²) in [6.07, 6.45) is 4.85. The highest BCUT2D eigenvalue weighted by Crippen LogP contribution is 2.34. The van der Waals surface area contributed by atoms with E-state index in [2.05, 4.69) is 0 Å². The molecule has 0 heterocycles. The van der Waals surface area contributed by atoms with Crippen LogP contribution < -0.4 is 0 Å². The van der Waals surface area contributed by atoms with E-state index in [0.717, 1.165) is 13.1 Å². The van der Waals surface area contributed by atoms with E-state index in [4.69, 9.17) is 0 Å². The summed E-state index contributed by atoms with van der Waals surface area (Å²) in [7, 11) is 0. The summed E-state index contributed by atoms with van der Waals surface area (Å²) in [5, 5.41) is 0. The second-order valence-corrected chi connectivity index (χ2v) is 6.03. The number of rotatable bonds is 5. The van der Waals surface area contributed by atoms with Crippen LogP contribution in [0, 0.1) is 24.6 Å². The summed E-state index contributed by atoms with van der Waals surface area (Å²) in [5.74, 6) is 0.815. The fourth-order valence-electron chi connectivity index (χ4n) is 2.45. The summed E-state index contributed by atoms with van der Waals surface area (Å²) in [5.41, 5.74) is 0.782. The molecule has 0 aromatic heterocycles. The highest BCUT2D eigenvalue weighted by molar-refractivity contribution is 5.94. The van der Waals surface area contributed by atoms with Crippen LogP contribution in [0.5, 0.6) is 0 Å². The Morgan fingerprint density at radius 2 is 1.79 bits per heavy atom. The highest BCUT2D eigenvalue weighted by atomic mass is 19.1. The Balaban J connectivity index is 1.79. The van der Waals surface area contributed by atoms with Crippen LogP contribution in [0.15, 0.2) is 18.2 Å². The molecular formula is C16H20FNO. The molecule has 0 saturated heterocycles. The van der Waals surface area contributed by atoms with E-state index in [0.29, 0.717) is 17.4 Å². The van der Waals surface area contributed by atoms with Gasteiger partial charge in [0.25, 0.3) is 5.91 Å². The molecule has 0 spiro atoms. The number of nitrogens with zero attached hydrogens (tertiary/aromatic N) is 1. The van der Waals surface area contributed by atoms with Gasteiger partial charge in [0.15, 0.2) is 0 Å². The summed E-state index contributed by atoms with van der Waals surface area (Å²) in [6.45, 7) is 3.32. The first-order valence-electron chi connectivity index (χ1n) is 7.19. The third-order valence-electron chi connectivity index (χ3n) is 4.06. The summed E-state index contributed by atoms with van der Waals surface area (Å²) in [6, 6.07) is 5.08. The lowest BCUT2D eigenvalue weighted by molar-refractivity contribution is 0.0734. The minimum absolute atomic E-state index is 0.125. The molecule has 2 aliphatic carbocycles. The van der Waals surface area contributed by atoms with Crippen LogP contribution in [0.25, 0.3) is 0 Å². The van der Waals surface area contributed by atoms with Crippen LogP contribution in [0.3, 0.4) is 0 Å². The first-order chi connectivity index (χ1) is 9.15. The van der Waals surface area contributed by atoms with Crippen LogP contribution >= 0.6 is 0 Å². The average molecular weight is 261 g/mol. The zero-order chi connectivity index (χ0) is 13.4. The van der Waals surface area contributed by atoms with Crippen molar-refractivity contribution in [3.63, 3.8) is 0 Å². The van der Waals surface area contributed by atoms with Gasteiger partial charge in [-0.1, -0.05) is 12.1 Å². The van der Waals surface area contributed by atoms with E-state index in [1.54, 1.807) is 25.1 Å². The van der Waals surface area contributed by atoms with Crippen LogP contribution in [-0.4, -0.2) is 23.9 Å². The number of carbonyl (C=O) groups is 1. The molecule has 102 valence electrons.